The zero-order chi connectivity index (χ0) is 10.1. The largest absolute Gasteiger partial charge is 0.435 e. The van der Waals surface area contributed by atoms with Crippen LogP contribution in [0.1, 0.15) is 6.42 Å². The number of hydrogen-bond donors (Lipinski definition) is 0. The van der Waals surface area contributed by atoms with Gasteiger partial charge in [0.2, 0.25) is 0 Å². The zero-order valence-corrected chi connectivity index (χ0v) is 7.60. The van der Waals surface area contributed by atoms with Crippen LogP contribution in [0.2, 0.25) is 0 Å². The molecule has 2 aliphatic rings. The fourth-order valence-corrected chi connectivity index (χ4v) is 2.26. The van der Waals surface area contributed by atoms with Gasteiger partial charge in [-0.25, -0.2) is 4.79 Å². The third-order valence-corrected chi connectivity index (χ3v) is 2.85. The minimum atomic E-state index is -0.430. The Kier molecular flexibility index (Phi) is 2.10. The van der Waals surface area contributed by atoms with Gasteiger partial charge in [0.1, 0.15) is 5.94 Å². The number of allylic oxidation sites excluding steroid dienone is 2. The van der Waals surface area contributed by atoms with Crippen molar-refractivity contribution in [3.63, 3.8) is 0 Å². The lowest BCUT2D eigenvalue weighted by Gasteiger charge is -2.15. The summed E-state index contributed by atoms with van der Waals surface area (Å²) < 4.78 is 4.70. The molecule has 0 aliphatic heterocycles. The average molecular weight is 190 g/mol. The van der Waals surface area contributed by atoms with E-state index in [1.54, 1.807) is 0 Å². The molecule has 2 aliphatic carbocycles. The maximum absolute atomic E-state index is 11.5. The first kappa shape index (κ1) is 8.97. The fraction of sp³-hybridized carbons (Fsp3) is 0.364. The number of carbonyl (C=O) groups is 1. The van der Waals surface area contributed by atoms with Crippen molar-refractivity contribution in [2.45, 2.75) is 6.42 Å². The van der Waals surface area contributed by atoms with Crippen molar-refractivity contribution in [2.24, 2.45) is 17.8 Å². The fourth-order valence-electron chi connectivity index (χ4n) is 2.26. The van der Waals surface area contributed by atoms with Crippen LogP contribution in [0.3, 0.4) is 0 Å². The van der Waals surface area contributed by atoms with Crippen molar-refractivity contribution < 1.29 is 14.3 Å². The minimum absolute atomic E-state index is 0.0971. The molecule has 1 fully saturated rings. The van der Waals surface area contributed by atoms with Gasteiger partial charge in [0, 0.05) is 11.5 Å². The van der Waals surface area contributed by atoms with Crippen LogP contribution in [0.4, 0.5) is 0 Å². The van der Waals surface area contributed by atoms with Crippen molar-refractivity contribution in [1.82, 2.24) is 0 Å². The summed E-state index contributed by atoms with van der Waals surface area (Å²) in [6.07, 6.45) is 5.87. The molecule has 0 aromatic heterocycles. The first-order chi connectivity index (χ1) is 6.77. The van der Waals surface area contributed by atoms with Gasteiger partial charge in [0.25, 0.3) is 0 Å². The van der Waals surface area contributed by atoms with E-state index >= 15 is 0 Å². The van der Waals surface area contributed by atoms with Gasteiger partial charge in [0.05, 0.1) is 12.2 Å². The van der Waals surface area contributed by atoms with E-state index in [2.05, 4.69) is 6.58 Å². The number of esters is 1. The summed E-state index contributed by atoms with van der Waals surface area (Å²) in [7, 11) is 0. The highest BCUT2D eigenvalue weighted by Crippen LogP contribution is 2.46. The highest BCUT2D eigenvalue weighted by Gasteiger charge is 2.45. The average Bonchev–Trinajstić information content (AvgIpc) is 2.76. The van der Waals surface area contributed by atoms with Gasteiger partial charge in [-0.15, -0.1) is 0 Å². The molecule has 3 unspecified atom stereocenters. The first-order valence-electron chi connectivity index (χ1n) is 4.52. The first-order valence-corrected chi connectivity index (χ1v) is 4.52. The van der Waals surface area contributed by atoms with Crippen molar-refractivity contribution in [2.75, 3.05) is 0 Å². The molecule has 0 aromatic carbocycles. The monoisotopic (exact) mass is 190 g/mol. The molecule has 0 spiro atoms. The molecule has 0 saturated heterocycles. The second-order valence-corrected chi connectivity index (χ2v) is 3.53. The SMILES string of the molecule is C=COC(=O)C1C(=C=O)C2C=CC1C2. The maximum atomic E-state index is 11.5. The minimum Gasteiger partial charge on any atom is -0.435 e. The van der Waals surface area contributed by atoms with E-state index in [4.69, 9.17) is 4.74 Å². The Morgan fingerprint density at radius 1 is 1.64 bits per heavy atom. The standard InChI is InChI=1S/C11H10O3/c1-2-14-11(13)10-8-4-3-7(5-8)9(10)6-12/h2-4,7-8,10H,1,5H2. The third kappa shape index (κ3) is 1.14. The summed E-state index contributed by atoms with van der Waals surface area (Å²) in [5.41, 5.74) is 0.532. The Balaban J connectivity index is 2.27. The summed E-state index contributed by atoms with van der Waals surface area (Å²) in [5, 5.41) is 0. The molecule has 0 aromatic rings. The van der Waals surface area contributed by atoms with Crippen LogP contribution in [-0.4, -0.2) is 11.9 Å². The van der Waals surface area contributed by atoms with Gasteiger partial charge < -0.3 is 4.74 Å². The van der Waals surface area contributed by atoms with Crippen LogP contribution in [0.25, 0.3) is 0 Å². The Morgan fingerprint density at radius 2 is 2.43 bits per heavy atom. The smallest absolute Gasteiger partial charge is 0.319 e. The van der Waals surface area contributed by atoms with Crippen molar-refractivity contribution in [3.8, 4) is 0 Å². The summed E-state index contributed by atoms with van der Waals surface area (Å²) in [5.74, 6) is 1.25. The highest BCUT2D eigenvalue weighted by molar-refractivity contribution is 5.82. The number of hydrogen-bond acceptors (Lipinski definition) is 3. The molecule has 1 saturated carbocycles. The van der Waals surface area contributed by atoms with Gasteiger partial charge in [-0.1, -0.05) is 18.7 Å². The van der Waals surface area contributed by atoms with Crippen LogP contribution >= 0.6 is 0 Å². The molecular formula is C11H10O3. The van der Waals surface area contributed by atoms with Gasteiger partial charge in [0.15, 0.2) is 0 Å². The van der Waals surface area contributed by atoms with E-state index in [-0.39, 0.29) is 11.8 Å². The maximum Gasteiger partial charge on any atom is 0.319 e. The Hall–Kier alpha value is -1.60. The van der Waals surface area contributed by atoms with Gasteiger partial charge in [-0.2, -0.15) is 0 Å². The molecule has 3 nitrogen and oxygen atoms in total. The Bertz CT molecular complexity index is 361. The molecule has 3 heteroatoms. The molecule has 2 bridgehead atoms. The van der Waals surface area contributed by atoms with E-state index in [0.29, 0.717) is 5.57 Å². The van der Waals surface area contributed by atoms with E-state index in [9.17, 15) is 9.59 Å². The third-order valence-electron chi connectivity index (χ3n) is 2.85. The van der Waals surface area contributed by atoms with Crippen molar-refractivity contribution in [1.29, 1.82) is 0 Å². The Labute approximate surface area is 81.7 Å². The van der Waals surface area contributed by atoms with Crippen LogP contribution in [0.5, 0.6) is 0 Å². The number of ether oxygens (including phenoxy) is 1. The number of fused-ring (bicyclic) bond motifs is 2. The van der Waals surface area contributed by atoms with Gasteiger partial charge in [-0.3, -0.25) is 4.79 Å². The second-order valence-electron chi connectivity index (χ2n) is 3.53. The van der Waals surface area contributed by atoms with Crippen LogP contribution in [0, 0.1) is 17.8 Å². The summed E-state index contributed by atoms with van der Waals surface area (Å²) >= 11 is 0. The predicted octanol–water partition coefficient (Wildman–Crippen LogP) is 1.25. The molecule has 0 N–H and O–H groups in total. The highest BCUT2D eigenvalue weighted by atomic mass is 16.5. The lowest BCUT2D eigenvalue weighted by atomic mass is 9.90. The van der Waals surface area contributed by atoms with Gasteiger partial charge in [-0.05, 0) is 12.3 Å². The van der Waals surface area contributed by atoms with E-state index in [0.717, 1.165) is 12.7 Å². The molecule has 72 valence electrons. The van der Waals surface area contributed by atoms with E-state index in [1.807, 2.05) is 18.1 Å². The number of rotatable bonds is 2. The van der Waals surface area contributed by atoms with Crippen molar-refractivity contribution >= 4 is 11.9 Å². The number of carbonyl (C=O) groups excluding carboxylic acids is 2. The quantitative estimate of drug-likeness (QED) is 0.285. The van der Waals surface area contributed by atoms with E-state index < -0.39 is 11.9 Å². The summed E-state index contributed by atoms with van der Waals surface area (Å²) in [4.78, 5) is 22.2. The lowest BCUT2D eigenvalue weighted by Crippen LogP contribution is -2.22. The second kappa shape index (κ2) is 3.28. The van der Waals surface area contributed by atoms with Crippen LogP contribution < -0.4 is 0 Å². The summed E-state index contributed by atoms with van der Waals surface area (Å²) in [6.45, 7) is 3.32. The van der Waals surface area contributed by atoms with Crippen LogP contribution in [-0.2, 0) is 14.3 Å². The molecule has 14 heavy (non-hydrogen) atoms. The van der Waals surface area contributed by atoms with E-state index in [1.165, 1.54) is 0 Å². The molecule has 0 radical (unpaired) electrons. The molecule has 2 rings (SSSR count). The summed E-state index contributed by atoms with van der Waals surface area (Å²) in [6, 6.07) is 0. The zero-order valence-electron chi connectivity index (χ0n) is 7.60. The van der Waals surface area contributed by atoms with Gasteiger partial charge >= 0.3 is 5.97 Å². The molecular weight excluding hydrogens is 180 g/mol. The lowest BCUT2D eigenvalue weighted by molar-refractivity contribution is -0.142. The predicted molar refractivity (Wildman–Crippen MR) is 49.7 cm³/mol. The van der Waals surface area contributed by atoms with Crippen molar-refractivity contribution in [3.05, 3.63) is 30.6 Å². The molecule has 0 amide bonds. The van der Waals surface area contributed by atoms with Crippen LogP contribution in [0.15, 0.2) is 30.6 Å². The topological polar surface area (TPSA) is 43.4 Å². The molecule has 0 heterocycles. The molecule has 3 atom stereocenters. The normalized spacial score (nSPS) is 32.9. The Morgan fingerprint density at radius 3 is 3.07 bits per heavy atom.